The molecule has 0 aromatic carbocycles. The minimum Gasteiger partial charge on any atom is -0.481 e. The van der Waals surface area contributed by atoms with Crippen LogP contribution in [0.2, 0.25) is 0 Å². The summed E-state index contributed by atoms with van der Waals surface area (Å²) in [7, 11) is 1.58. The second-order valence-electron chi connectivity index (χ2n) is 7.75. The van der Waals surface area contributed by atoms with E-state index >= 15 is 0 Å². The van der Waals surface area contributed by atoms with Gasteiger partial charge in [0.1, 0.15) is 5.41 Å². The Balaban J connectivity index is 1.67. The molecule has 3 rings (SSSR count). The van der Waals surface area contributed by atoms with Gasteiger partial charge in [-0.15, -0.1) is 0 Å². The van der Waals surface area contributed by atoms with Crippen LogP contribution in [0.25, 0.3) is 0 Å². The summed E-state index contributed by atoms with van der Waals surface area (Å²) in [5.74, 6) is -0.650. The first-order valence-electron chi connectivity index (χ1n) is 9.31. The maximum atomic E-state index is 12.3. The summed E-state index contributed by atoms with van der Waals surface area (Å²) in [5, 5.41) is 9.93. The van der Waals surface area contributed by atoms with Crippen LogP contribution in [-0.2, 0) is 14.3 Å². The number of rotatable bonds is 5. The monoisotopic (exact) mass is 338 g/mol. The number of fused-ring (bicyclic) bond motifs is 1. The van der Waals surface area contributed by atoms with Crippen LogP contribution in [-0.4, -0.2) is 72.7 Å². The van der Waals surface area contributed by atoms with E-state index in [0.29, 0.717) is 38.7 Å². The molecule has 0 aromatic heterocycles. The molecule has 1 aliphatic carbocycles. The fourth-order valence-electron chi connectivity index (χ4n) is 4.85. The number of amides is 1. The van der Waals surface area contributed by atoms with Gasteiger partial charge in [0.05, 0.1) is 13.0 Å². The van der Waals surface area contributed by atoms with E-state index in [4.69, 9.17) is 4.74 Å². The molecule has 136 valence electrons. The SMILES string of the molecule is COCCC(=O)N1C[C@@H]2CN(C3CCCCCC3)C[C@]2(C(=O)O)C1. The lowest BCUT2D eigenvalue weighted by molar-refractivity contribution is -0.149. The number of likely N-dealkylation sites (tertiary alicyclic amines) is 2. The van der Waals surface area contributed by atoms with Gasteiger partial charge in [0.2, 0.25) is 5.91 Å². The number of hydrogen-bond acceptors (Lipinski definition) is 4. The van der Waals surface area contributed by atoms with E-state index < -0.39 is 11.4 Å². The highest BCUT2D eigenvalue weighted by Crippen LogP contribution is 2.44. The predicted octanol–water partition coefficient (Wildman–Crippen LogP) is 1.59. The van der Waals surface area contributed by atoms with Crippen molar-refractivity contribution in [3.8, 4) is 0 Å². The van der Waals surface area contributed by atoms with Crippen LogP contribution in [0.15, 0.2) is 0 Å². The van der Waals surface area contributed by atoms with Gasteiger partial charge in [-0.2, -0.15) is 0 Å². The summed E-state index contributed by atoms with van der Waals surface area (Å²) in [4.78, 5) is 28.5. The van der Waals surface area contributed by atoms with Crippen LogP contribution in [0.4, 0.5) is 0 Å². The average Bonchev–Trinajstić information content (AvgIpc) is 2.96. The van der Waals surface area contributed by atoms with Gasteiger partial charge in [0.15, 0.2) is 0 Å². The Labute approximate surface area is 144 Å². The van der Waals surface area contributed by atoms with Gasteiger partial charge in [-0.05, 0) is 12.8 Å². The van der Waals surface area contributed by atoms with Crippen molar-refractivity contribution in [3.05, 3.63) is 0 Å². The third-order valence-corrected chi connectivity index (χ3v) is 6.28. The summed E-state index contributed by atoms with van der Waals surface area (Å²) >= 11 is 0. The topological polar surface area (TPSA) is 70.1 Å². The highest BCUT2D eigenvalue weighted by Gasteiger charge is 2.59. The first kappa shape index (κ1) is 17.7. The van der Waals surface area contributed by atoms with Gasteiger partial charge in [-0.3, -0.25) is 14.5 Å². The van der Waals surface area contributed by atoms with Gasteiger partial charge < -0.3 is 14.7 Å². The lowest BCUT2D eigenvalue weighted by atomic mass is 9.81. The van der Waals surface area contributed by atoms with Gasteiger partial charge >= 0.3 is 5.97 Å². The van der Waals surface area contributed by atoms with Crippen molar-refractivity contribution in [2.75, 3.05) is 39.9 Å². The van der Waals surface area contributed by atoms with Gasteiger partial charge in [-0.1, -0.05) is 25.7 Å². The average molecular weight is 338 g/mol. The minimum absolute atomic E-state index is 0.0212. The number of carbonyl (C=O) groups excluding carboxylic acids is 1. The molecule has 0 spiro atoms. The van der Waals surface area contributed by atoms with Crippen molar-refractivity contribution < 1.29 is 19.4 Å². The number of nitrogens with zero attached hydrogens (tertiary/aromatic N) is 2. The number of aliphatic carboxylic acids is 1. The van der Waals surface area contributed by atoms with Gasteiger partial charge in [0.25, 0.3) is 0 Å². The number of carboxylic acids is 1. The summed E-state index contributed by atoms with van der Waals surface area (Å²) in [5.41, 5.74) is -0.769. The van der Waals surface area contributed by atoms with Crippen molar-refractivity contribution in [2.24, 2.45) is 11.3 Å². The standard InChI is InChI=1S/C18H30N2O4/c1-24-9-8-16(21)20-11-14-10-19(12-18(14,13-20)17(22)23)15-6-4-2-3-5-7-15/h14-15H,2-13H2,1H3,(H,22,23)/t14-,18-/m0/s1. The highest BCUT2D eigenvalue weighted by molar-refractivity contribution is 5.81. The summed E-state index contributed by atoms with van der Waals surface area (Å²) < 4.78 is 4.97. The fourth-order valence-corrected chi connectivity index (χ4v) is 4.85. The number of methoxy groups -OCH3 is 1. The number of ether oxygens (including phenoxy) is 1. The molecule has 0 bridgehead atoms. The van der Waals surface area contributed by atoms with Crippen LogP contribution in [0.3, 0.4) is 0 Å². The van der Waals surface area contributed by atoms with Crippen LogP contribution in [0.5, 0.6) is 0 Å². The van der Waals surface area contributed by atoms with Crippen molar-refractivity contribution >= 4 is 11.9 Å². The van der Waals surface area contributed by atoms with Crippen molar-refractivity contribution in [2.45, 2.75) is 51.0 Å². The molecule has 3 fully saturated rings. The smallest absolute Gasteiger partial charge is 0.313 e. The Morgan fingerprint density at radius 3 is 2.42 bits per heavy atom. The molecule has 2 heterocycles. The molecule has 0 unspecified atom stereocenters. The Morgan fingerprint density at radius 2 is 1.83 bits per heavy atom. The zero-order valence-electron chi connectivity index (χ0n) is 14.7. The molecule has 2 aliphatic heterocycles. The van der Waals surface area contributed by atoms with Crippen LogP contribution in [0.1, 0.15) is 44.9 Å². The first-order chi connectivity index (χ1) is 11.6. The maximum Gasteiger partial charge on any atom is 0.313 e. The molecule has 24 heavy (non-hydrogen) atoms. The second-order valence-corrected chi connectivity index (χ2v) is 7.75. The quantitative estimate of drug-likeness (QED) is 0.771. The van der Waals surface area contributed by atoms with E-state index in [-0.39, 0.29) is 11.8 Å². The molecule has 0 radical (unpaired) electrons. The zero-order chi connectivity index (χ0) is 17.2. The fraction of sp³-hybridized carbons (Fsp3) is 0.889. The number of carbonyl (C=O) groups is 2. The molecule has 3 aliphatic rings. The van der Waals surface area contributed by atoms with E-state index in [1.165, 1.54) is 38.5 Å². The number of carboxylic acid groups (broad SMARTS) is 1. The van der Waals surface area contributed by atoms with Crippen LogP contribution >= 0.6 is 0 Å². The van der Waals surface area contributed by atoms with E-state index in [9.17, 15) is 14.7 Å². The van der Waals surface area contributed by atoms with Crippen LogP contribution < -0.4 is 0 Å². The van der Waals surface area contributed by atoms with Gasteiger partial charge in [-0.25, -0.2) is 0 Å². The molecule has 1 amide bonds. The largest absolute Gasteiger partial charge is 0.481 e. The van der Waals surface area contributed by atoms with E-state index in [1.807, 2.05) is 0 Å². The zero-order valence-corrected chi connectivity index (χ0v) is 14.7. The molecular formula is C18H30N2O4. The minimum atomic E-state index is -0.769. The predicted molar refractivity (Wildman–Crippen MR) is 89.7 cm³/mol. The van der Waals surface area contributed by atoms with E-state index in [0.717, 1.165) is 6.54 Å². The Bertz CT molecular complexity index is 476. The van der Waals surface area contributed by atoms with Crippen molar-refractivity contribution in [1.82, 2.24) is 9.80 Å². The lowest BCUT2D eigenvalue weighted by Crippen LogP contribution is -2.44. The van der Waals surface area contributed by atoms with Crippen molar-refractivity contribution in [3.63, 3.8) is 0 Å². The van der Waals surface area contributed by atoms with Gasteiger partial charge in [0, 0.05) is 45.2 Å². The Hall–Kier alpha value is -1.14. The van der Waals surface area contributed by atoms with E-state index in [2.05, 4.69) is 4.90 Å². The third-order valence-electron chi connectivity index (χ3n) is 6.28. The number of hydrogen-bond donors (Lipinski definition) is 1. The summed E-state index contributed by atoms with van der Waals surface area (Å²) in [6.45, 7) is 2.77. The molecule has 2 saturated heterocycles. The molecular weight excluding hydrogens is 308 g/mol. The highest BCUT2D eigenvalue weighted by atomic mass is 16.5. The second kappa shape index (κ2) is 7.40. The summed E-state index contributed by atoms with van der Waals surface area (Å²) in [6.07, 6.45) is 7.85. The van der Waals surface area contributed by atoms with E-state index in [1.54, 1.807) is 12.0 Å². The Kier molecular flexibility index (Phi) is 5.45. The first-order valence-corrected chi connectivity index (χ1v) is 9.31. The Morgan fingerprint density at radius 1 is 1.12 bits per heavy atom. The molecule has 1 N–H and O–H groups in total. The molecule has 2 atom stereocenters. The maximum absolute atomic E-state index is 12.3. The molecule has 1 saturated carbocycles. The molecule has 0 aromatic rings. The molecule has 6 heteroatoms. The molecule has 6 nitrogen and oxygen atoms in total. The lowest BCUT2D eigenvalue weighted by Gasteiger charge is -2.30. The third kappa shape index (κ3) is 3.31. The normalized spacial score (nSPS) is 31.9. The van der Waals surface area contributed by atoms with Crippen LogP contribution in [0, 0.1) is 11.3 Å². The summed E-state index contributed by atoms with van der Waals surface area (Å²) in [6, 6.07) is 0.534. The van der Waals surface area contributed by atoms with Crippen molar-refractivity contribution in [1.29, 1.82) is 0 Å².